The van der Waals surface area contributed by atoms with Crippen LogP contribution in [0.2, 0.25) is 0 Å². The van der Waals surface area contributed by atoms with Crippen molar-refractivity contribution in [3.63, 3.8) is 0 Å². The quantitative estimate of drug-likeness (QED) is 0.900. The van der Waals surface area contributed by atoms with Crippen molar-refractivity contribution < 1.29 is 15.0 Å². The molecule has 0 aromatic heterocycles. The molecule has 2 rings (SSSR count). The van der Waals surface area contributed by atoms with E-state index in [9.17, 15) is 9.90 Å². The summed E-state index contributed by atoms with van der Waals surface area (Å²) in [6.07, 6.45) is 4.76. The molecule has 2 unspecified atom stereocenters. The molecule has 21 heavy (non-hydrogen) atoms. The number of amides is 1. The summed E-state index contributed by atoms with van der Waals surface area (Å²) >= 11 is 0. The van der Waals surface area contributed by atoms with E-state index in [0.717, 1.165) is 13.5 Å². The van der Waals surface area contributed by atoms with Crippen molar-refractivity contribution in [2.75, 3.05) is 14.2 Å². The number of carbonyl (C=O) groups excluding carboxylic acids is 1. The zero-order valence-corrected chi connectivity index (χ0v) is 13.2. The van der Waals surface area contributed by atoms with Crippen LogP contribution in [0.25, 0.3) is 0 Å². The van der Waals surface area contributed by atoms with Gasteiger partial charge in [0.05, 0.1) is 6.61 Å². The van der Waals surface area contributed by atoms with Crippen LogP contribution in [0.15, 0.2) is 24.3 Å². The molecular weight excluding hydrogens is 266 g/mol. The molecule has 1 aromatic carbocycles. The van der Waals surface area contributed by atoms with Gasteiger partial charge in [-0.3, -0.25) is 4.79 Å². The molecule has 1 saturated carbocycles. The Balaban J connectivity index is 0.00000106. The second-order valence-corrected chi connectivity index (χ2v) is 5.56. The predicted molar refractivity (Wildman–Crippen MR) is 84.0 cm³/mol. The van der Waals surface area contributed by atoms with Crippen LogP contribution in [-0.2, 0) is 6.61 Å². The van der Waals surface area contributed by atoms with Gasteiger partial charge in [-0.25, -0.2) is 0 Å². The lowest BCUT2D eigenvalue weighted by molar-refractivity contribution is 0.0626. The third-order valence-corrected chi connectivity index (χ3v) is 4.30. The first-order chi connectivity index (χ1) is 10.1. The van der Waals surface area contributed by atoms with E-state index in [4.69, 9.17) is 5.11 Å². The average Bonchev–Trinajstić information content (AvgIpc) is 2.55. The van der Waals surface area contributed by atoms with Gasteiger partial charge in [-0.15, -0.1) is 0 Å². The molecule has 0 spiro atoms. The molecule has 0 saturated heterocycles. The van der Waals surface area contributed by atoms with E-state index in [1.54, 1.807) is 6.07 Å². The molecular formula is C17H27NO3. The Morgan fingerprint density at radius 3 is 2.48 bits per heavy atom. The maximum absolute atomic E-state index is 12.6. The molecule has 1 aliphatic rings. The second-order valence-electron chi connectivity index (χ2n) is 5.56. The van der Waals surface area contributed by atoms with Crippen molar-refractivity contribution in [1.82, 2.24) is 4.90 Å². The molecule has 0 heterocycles. The van der Waals surface area contributed by atoms with Crippen molar-refractivity contribution >= 4 is 5.91 Å². The number of hydrogen-bond donors (Lipinski definition) is 2. The monoisotopic (exact) mass is 293 g/mol. The van der Waals surface area contributed by atoms with Gasteiger partial charge in [-0.2, -0.15) is 0 Å². The fourth-order valence-electron chi connectivity index (χ4n) is 3.08. The van der Waals surface area contributed by atoms with E-state index >= 15 is 0 Å². The van der Waals surface area contributed by atoms with E-state index in [1.807, 2.05) is 30.1 Å². The van der Waals surface area contributed by atoms with Crippen molar-refractivity contribution in [2.24, 2.45) is 5.92 Å². The van der Waals surface area contributed by atoms with E-state index in [-0.39, 0.29) is 12.5 Å². The molecule has 2 atom stereocenters. The summed E-state index contributed by atoms with van der Waals surface area (Å²) in [5, 5.41) is 16.3. The fraction of sp³-hybridized carbons (Fsp3) is 0.588. The van der Waals surface area contributed by atoms with Gasteiger partial charge in [0.1, 0.15) is 0 Å². The SMILES string of the molecule is CC1CCCCC1N(C)C(=O)c1ccccc1CO.CO. The van der Waals surface area contributed by atoms with Crippen molar-refractivity contribution in [3.05, 3.63) is 35.4 Å². The second kappa shape index (κ2) is 8.80. The molecule has 4 heteroatoms. The van der Waals surface area contributed by atoms with E-state index < -0.39 is 0 Å². The van der Waals surface area contributed by atoms with Gasteiger partial charge in [0.15, 0.2) is 0 Å². The molecule has 0 aliphatic heterocycles. The first kappa shape index (κ1) is 17.7. The third kappa shape index (κ3) is 4.29. The van der Waals surface area contributed by atoms with Gasteiger partial charge in [0.25, 0.3) is 5.91 Å². The van der Waals surface area contributed by atoms with Crippen LogP contribution in [0.1, 0.15) is 48.5 Å². The van der Waals surface area contributed by atoms with Crippen molar-refractivity contribution in [2.45, 2.75) is 45.3 Å². The molecule has 4 nitrogen and oxygen atoms in total. The lowest BCUT2D eigenvalue weighted by atomic mass is 9.85. The van der Waals surface area contributed by atoms with Gasteiger partial charge < -0.3 is 15.1 Å². The average molecular weight is 293 g/mol. The van der Waals surface area contributed by atoms with Crippen LogP contribution in [0.3, 0.4) is 0 Å². The number of aliphatic hydroxyl groups excluding tert-OH is 2. The molecule has 1 aromatic rings. The summed E-state index contributed by atoms with van der Waals surface area (Å²) in [7, 11) is 2.89. The van der Waals surface area contributed by atoms with Crippen LogP contribution in [-0.4, -0.2) is 41.2 Å². The van der Waals surface area contributed by atoms with E-state index in [1.165, 1.54) is 19.3 Å². The van der Waals surface area contributed by atoms with Crippen LogP contribution in [0.5, 0.6) is 0 Å². The highest BCUT2D eigenvalue weighted by Crippen LogP contribution is 2.28. The molecule has 1 fully saturated rings. The van der Waals surface area contributed by atoms with E-state index in [0.29, 0.717) is 23.1 Å². The van der Waals surface area contributed by atoms with Crippen molar-refractivity contribution in [3.8, 4) is 0 Å². The Morgan fingerprint density at radius 1 is 1.24 bits per heavy atom. The molecule has 118 valence electrons. The largest absolute Gasteiger partial charge is 0.400 e. The van der Waals surface area contributed by atoms with Crippen LogP contribution < -0.4 is 0 Å². The van der Waals surface area contributed by atoms with Gasteiger partial charge in [-0.1, -0.05) is 38.0 Å². The first-order valence-corrected chi connectivity index (χ1v) is 7.55. The summed E-state index contributed by atoms with van der Waals surface area (Å²) in [6.45, 7) is 2.14. The first-order valence-electron chi connectivity index (χ1n) is 7.55. The normalized spacial score (nSPS) is 21.2. The highest BCUT2D eigenvalue weighted by molar-refractivity contribution is 5.95. The molecule has 2 N–H and O–H groups in total. The highest BCUT2D eigenvalue weighted by atomic mass is 16.3. The third-order valence-electron chi connectivity index (χ3n) is 4.30. The van der Waals surface area contributed by atoms with Crippen LogP contribution >= 0.6 is 0 Å². The number of benzene rings is 1. The number of carbonyl (C=O) groups is 1. The van der Waals surface area contributed by atoms with Crippen LogP contribution in [0, 0.1) is 5.92 Å². The summed E-state index contributed by atoms with van der Waals surface area (Å²) in [4.78, 5) is 14.5. The molecule has 0 radical (unpaired) electrons. The number of aliphatic hydroxyl groups is 2. The van der Waals surface area contributed by atoms with Crippen LogP contribution in [0.4, 0.5) is 0 Å². The van der Waals surface area contributed by atoms with E-state index in [2.05, 4.69) is 6.92 Å². The molecule has 1 amide bonds. The standard InChI is InChI=1S/C16H23NO2.CH4O/c1-12-7-3-6-10-15(12)17(2)16(19)14-9-5-4-8-13(14)11-18;1-2/h4-5,8-9,12,15,18H,3,6-7,10-11H2,1-2H3;2H,1H3. The highest BCUT2D eigenvalue weighted by Gasteiger charge is 2.28. The Hall–Kier alpha value is -1.39. The minimum Gasteiger partial charge on any atom is -0.400 e. The zero-order valence-electron chi connectivity index (χ0n) is 13.2. The van der Waals surface area contributed by atoms with Gasteiger partial charge in [0.2, 0.25) is 0 Å². The number of rotatable bonds is 3. The zero-order chi connectivity index (χ0) is 15.8. The summed E-state index contributed by atoms with van der Waals surface area (Å²) in [5.41, 5.74) is 1.34. The lowest BCUT2D eigenvalue weighted by Crippen LogP contribution is -2.42. The maximum atomic E-state index is 12.6. The predicted octanol–water partition coefficient (Wildman–Crippen LogP) is 2.44. The minimum absolute atomic E-state index is 0.0309. The minimum atomic E-state index is -0.0873. The summed E-state index contributed by atoms with van der Waals surface area (Å²) in [5.74, 6) is 0.590. The Labute approximate surface area is 127 Å². The van der Waals surface area contributed by atoms with Gasteiger partial charge in [-0.05, 0) is 30.4 Å². The Bertz CT molecular complexity index is 447. The topological polar surface area (TPSA) is 60.8 Å². The smallest absolute Gasteiger partial charge is 0.254 e. The van der Waals surface area contributed by atoms with Crippen molar-refractivity contribution in [1.29, 1.82) is 0 Å². The molecule has 0 bridgehead atoms. The van der Waals surface area contributed by atoms with Gasteiger partial charge in [0, 0.05) is 25.8 Å². The molecule has 1 aliphatic carbocycles. The Morgan fingerprint density at radius 2 is 1.86 bits per heavy atom. The fourth-order valence-corrected chi connectivity index (χ4v) is 3.08. The maximum Gasteiger partial charge on any atom is 0.254 e. The summed E-state index contributed by atoms with van der Waals surface area (Å²) in [6, 6.07) is 7.65. The summed E-state index contributed by atoms with van der Waals surface area (Å²) < 4.78 is 0. The van der Waals surface area contributed by atoms with Gasteiger partial charge >= 0.3 is 0 Å². The lowest BCUT2D eigenvalue weighted by Gasteiger charge is -2.36. The number of nitrogens with zero attached hydrogens (tertiary/aromatic N) is 1. The number of hydrogen-bond acceptors (Lipinski definition) is 3. The Kier molecular flexibility index (Phi) is 7.40.